The summed E-state index contributed by atoms with van der Waals surface area (Å²) in [7, 11) is 1.72. The Morgan fingerprint density at radius 1 is 1.29 bits per heavy atom. The van der Waals surface area contributed by atoms with E-state index in [9.17, 15) is 0 Å². The molecule has 2 aliphatic rings. The van der Waals surface area contributed by atoms with Crippen molar-refractivity contribution in [1.82, 2.24) is 10.2 Å². The normalized spacial score (nSPS) is 30.3. The van der Waals surface area contributed by atoms with Gasteiger partial charge in [0.1, 0.15) is 5.75 Å². The topological polar surface area (TPSA) is 24.5 Å². The van der Waals surface area contributed by atoms with Crippen LogP contribution in [0.4, 0.5) is 0 Å². The van der Waals surface area contributed by atoms with Crippen LogP contribution in [-0.2, 0) is 6.54 Å². The molecule has 1 aromatic carbocycles. The molecule has 0 radical (unpaired) electrons. The molecule has 1 aromatic rings. The molecule has 1 aliphatic carbocycles. The summed E-state index contributed by atoms with van der Waals surface area (Å²) in [4.78, 5) is 2.68. The van der Waals surface area contributed by atoms with E-state index in [1.54, 1.807) is 7.11 Å². The van der Waals surface area contributed by atoms with E-state index < -0.39 is 0 Å². The van der Waals surface area contributed by atoms with Gasteiger partial charge in [-0.15, -0.1) is 0 Å². The zero-order valence-corrected chi connectivity index (χ0v) is 13.6. The van der Waals surface area contributed by atoms with Gasteiger partial charge in [-0.25, -0.2) is 0 Å². The standard InChI is InChI=1S/C18H28N2O/c1-4-16-11-19-18(2,15-7-8-15)13-20(16)12-14-5-9-17(21-3)10-6-14/h5-6,9-10,15-16,19H,4,7-8,11-13H2,1-3H3. The summed E-state index contributed by atoms with van der Waals surface area (Å²) < 4.78 is 5.25. The summed E-state index contributed by atoms with van der Waals surface area (Å²) >= 11 is 0. The quantitative estimate of drug-likeness (QED) is 0.901. The fraction of sp³-hybridized carbons (Fsp3) is 0.667. The predicted molar refractivity (Wildman–Crippen MR) is 86.6 cm³/mol. The Morgan fingerprint density at radius 2 is 2.00 bits per heavy atom. The predicted octanol–water partition coefficient (Wildman–Crippen LogP) is 3.05. The Balaban J connectivity index is 1.70. The highest BCUT2D eigenvalue weighted by Crippen LogP contribution is 2.41. The molecule has 3 heteroatoms. The van der Waals surface area contributed by atoms with E-state index in [2.05, 4.69) is 48.3 Å². The number of hydrogen-bond acceptors (Lipinski definition) is 3. The molecular formula is C18H28N2O. The number of benzene rings is 1. The Hall–Kier alpha value is -1.06. The van der Waals surface area contributed by atoms with Gasteiger partial charge >= 0.3 is 0 Å². The minimum Gasteiger partial charge on any atom is -0.497 e. The van der Waals surface area contributed by atoms with E-state index in [-0.39, 0.29) is 0 Å². The highest BCUT2D eigenvalue weighted by atomic mass is 16.5. The lowest BCUT2D eigenvalue weighted by Gasteiger charge is -2.46. The average molecular weight is 288 g/mol. The van der Waals surface area contributed by atoms with Crippen molar-refractivity contribution in [3.8, 4) is 5.75 Å². The third-order valence-electron chi connectivity index (χ3n) is 5.28. The van der Waals surface area contributed by atoms with Crippen molar-refractivity contribution in [3.63, 3.8) is 0 Å². The summed E-state index contributed by atoms with van der Waals surface area (Å²) in [5.74, 6) is 1.82. The van der Waals surface area contributed by atoms with Crippen molar-refractivity contribution in [2.24, 2.45) is 5.92 Å². The molecule has 0 spiro atoms. The van der Waals surface area contributed by atoms with Crippen LogP contribution in [0.2, 0.25) is 0 Å². The first-order chi connectivity index (χ1) is 10.1. The smallest absolute Gasteiger partial charge is 0.118 e. The number of hydrogen-bond donors (Lipinski definition) is 1. The molecule has 1 saturated carbocycles. The van der Waals surface area contributed by atoms with Crippen molar-refractivity contribution in [2.75, 3.05) is 20.2 Å². The van der Waals surface area contributed by atoms with Crippen LogP contribution in [0.15, 0.2) is 24.3 Å². The van der Waals surface area contributed by atoms with Crippen LogP contribution in [0.1, 0.15) is 38.7 Å². The lowest BCUT2D eigenvalue weighted by Crippen LogP contribution is -2.63. The summed E-state index contributed by atoms with van der Waals surface area (Å²) in [5, 5.41) is 3.83. The zero-order chi connectivity index (χ0) is 14.9. The third kappa shape index (κ3) is 3.24. The highest BCUT2D eigenvalue weighted by molar-refractivity contribution is 5.27. The molecule has 0 aromatic heterocycles. The number of rotatable bonds is 5. The molecule has 1 heterocycles. The molecule has 0 amide bonds. The number of methoxy groups -OCH3 is 1. The van der Waals surface area contributed by atoms with Gasteiger partial charge in [0.25, 0.3) is 0 Å². The van der Waals surface area contributed by atoms with Crippen LogP contribution in [0.25, 0.3) is 0 Å². The van der Waals surface area contributed by atoms with Crippen LogP contribution in [0.5, 0.6) is 5.75 Å². The molecule has 2 fully saturated rings. The van der Waals surface area contributed by atoms with E-state index in [4.69, 9.17) is 4.74 Å². The zero-order valence-electron chi connectivity index (χ0n) is 13.6. The maximum atomic E-state index is 5.25. The Kier molecular flexibility index (Phi) is 4.23. The lowest BCUT2D eigenvalue weighted by atomic mass is 9.90. The van der Waals surface area contributed by atoms with Gasteiger partial charge < -0.3 is 10.1 Å². The van der Waals surface area contributed by atoms with Crippen molar-refractivity contribution < 1.29 is 4.74 Å². The maximum absolute atomic E-state index is 5.25. The molecular weight excluding hydrogens is 260 g/mol. The lowest BCUT2D eigenvalue weighted by molar-refractivity contribution is 0.0666. The first kappa shape index (κ1) is 14.9. The number of piperazine rings is 1. The summed E-state index contributed by atoms with van der Waals surface area (Å²) in [6, 6.07) is 9.18. The van der Waals surface area contributed by atoms with E-state index in [1.807, 2.05) is 0 Å². The Labute approximate surface area is 128 Å². The van der Waals surface area contributed by atoms with E-state index in [0.717, 1.165) is 24.8 Å². The van der Waals surface area contributed by atoms with Crippen LogP contribution < -0.4 is 10.1 Å². The van der Waals surface area contributed by atoms with E-state index >= 15 is 0 Å². The van der Waals surface area contributed by atoms with Crippen LogP contribution >= 0.6 is 0 Å². The summed E-state index contributed by atoms with van der Waals surface area (Å²) in [5.41, 5.74) is 1.70. The average Bonchev–Trinajstić information content (AvgIpc) is 3.33. The van der Waals surface area contributed by atoms with Crippen molar-refractivity contribution >= 4 is 0 Å². The van der Waals surface area contributed by atoms with Crippen LogP contribution in [-0.4, -0.2) is 36.7 Å². The summed E-state index contributed by atoms with van der Waals surface area (Å²) in [6.45, 7) is 8.05. The molecule has 0 bridgehead atoms. The first-order valence-electron chi connectivity index (χ1n) is 8.26. The second-order valence-corrected chi connectivity index (χ2v) is 6.89. The molecule has 1 N–H and O–H groups in total. The third-order valence-corrected chi connectivity index (χ3v) is 5.28. The van der Waals surface area contributed by atoms with Gasteiger partial charge in [0.2, 0.25) is 0 Å². The van der Waals surface area contributed by atoms with Crippen molar-refractivity contribution in [1.29, 1.82) is 0 Å². The van der Waals surface area contributed by atoms with Crippen molar-refractivity contribution in [3.05, 3.63) is 29.8 Å². The molecule has 21 heavy (non-hydrogen) atoms. The Morgan fingerprint density at radius 3 is 2.57 bits per heavy atom. The number of nitrogens with one attached hydrogen (secondary N) is 1. The first-order valence-corrected chi connectivity index (χ1v) is 8.26. The fourth-order valence-corrected chi connectivity index (χ4v) is 3.63. The molecule has 1 aliphatic heterocycles. The van der Waals surface area contributed by atoms with Crippen molar-refractivity contribution in [2.45, 2.75) is 51.2 Å². The number of nitrogens with zero attached hydrogens (tertiary/aromatic N) is 1. The maximum Gasteiger partial charge on any atom is 0.118 e. The van der Waals surface area contributed by atoms with E-state index in [0.29, 0.717) is 11.6 Å². The molecule has 116 valence electrons. The number of ether oxygens (including phenoxy) is 1. The minimum absolute atomic E-state index is 0.318. The largest absolute Gasteiger partial charge is 0.497 e. The van der Waals surface area contributed by atoms with Gasteiger partial charge in [-0.05, 0) is 49.8 Å². The monoisotopic (exact) mass is 288 g/mol. The second-order valence-electron chi connectivity index (χ2n) is 6.89. The van der Waals surface area contributed by atoms with Gasteiger partial charge in [0.05, 0.1) is 7.11 Å². The van der Waals surface area contributed by atoms with Gasteiger partial charge in [-0.3, -0.25) is 4.90 Å². The van der Waals surface area contributed by atoms with Gasteiger partial charge in [0, 0.05) is 31.2 Å². The fourth-order valence-electron chi connectivity index (χ4n) is 3.63. The SMILES string of the molecule is CCC1CNC(C)(C2CC2)CN1Cc1ccc(OC)cc1. The molecule has 2 atom stereocenters. The minimum atomic E-state index is 0.318. The van der Waals surface area contributed by atoms with Gasteiger partial charge in [0.15, 0.2) is 0 Å². The van der Waals surface area contributed by atoms with E-state index in [1.165, 1.54) is 31.4 Å². The second kappa shape index (κ2) is 5.98. The molecule has 3 rings (SSSR count). The van der Waals surface area contributed by atoms with Gasteiger partial charge in [-0.1, -0.05) is 19.1 Å². The molecule has 1 saturated heterocycles. The Bertz CT molecular complexity index is 469. The van der Waals surface area contributed by atoms with Crippen LogP contribution in [0.3, 0.4) is 0 Å². The molecule has 3 nitrogen and oxygen atoms in total. The van der Waals surface area contributed by atoms with Gasteiger partial charge in [-0.2, -0.15) is 0 Å². The van der Waals surface area contributed by atoms with Crippen LogP contribution in [0, 0.1) is 5.92 Å². The summed E-state index contributed by atoms with van der Waals surface area (Å²) in [6.07, 6.45) is 4.01. The molecule has 2 unspecified atom stereocenters. The highest BCUT2D eigenvalue weighted by Gasteiger charge is 2.45.